The van der Waals surface area contributed by atoms with E-state index in [0.29, 0.717) is 6.04 Å². The van der Waals surface area contributed by atoms with Crippen LogP contribution >= 0.6 is 0 Å². The molecule has 0 bridgehead atoms. The highest BCUT2D eigenvalue weighted by molar-refractivity contribution is 5.07. The van der Waals surface area contributed by atoms with Gasteiger partial charge in [-0.15, -0.1) is 0 Å². The lowest BCUT2D eigenvalue weighted by molar-refractivity contribution is 0.00531. The molecule has 4 heteroatoms. The molecular formula is C14H23N3O. The molecule has 1 N–H and O–H groups in total. The van der Waals surface area contributed by atoms with Crippen LogP contribution in [0.1, 0.15) is 50.8 Å². The molecular weight excluding hydrogens is 226 g/mol. The average Bonchev–Trinajstić information content (AvgIpc) is 3.00. The SMILES string of the molecule is CC1(Cn2cncc2C2CCCCN2)CCCO1. The summed E-state index contributed by atoms with van der Waals surface area (Å²) in [6.07, 6.45) is 10.1. The quantitative estimate of drug-likeness (QED) is 0.893. The molecule has 2 fully saturated rings. The second-order valence-corrected chi connectivity index (χ2v) is 5.85. The molecule has 0 radical (unpaired) electrons. The van der Waals surface area contributed by atoms with E-state index in [1.165, 1.54) is 31.4 Å². The molecule has 0 spiro atoms. The summed E-state index contributed by atoms with van der Waals surface area (Å²) in [7, 11) is 0. The maximum absolute atomic E-state index is 5.89. The number of rotatable bonds is 3. The topological polar surface area (TPSA) is 39.1 Å². The van der Waals surface area contributed by atoms with E-state index in [1.54, 1.807) is 0 Å². The highest BCUT2D eigenvalue weighted by atomic mass is 16.5. The van der Waals surface area contributed by atoms with Crippen LogP contribution in [0.3, 0.4) is 0 Å². The fraction of sp³-hybridized carbons (Fsp3) is 0.786. The van der Waals surface area contributed by atoms with E-state index in [2.05, 4.69) is 21.8 Å². The van der Waals surface area contributed by atoms with Crippen molar-refractivity contribution in [2.45, 2.75) is 57.2 Å². The van der Waals surface area contributed by atoms with E-state index < -0.39 is 0 Å². The van der Waals surface area contributed by atoms with Crippen molar-refractivity contribution in [3.8, 4) is 0 Å². The number of aromatic nitrogens is 2. The number of piperidine rings is 1. The van der Waals surface area contributed by atoms with Gasteiger partial charge in [0.15, 0.2) is 0 Å². The molecule has 0 aromatic carbocycles. The Hall–Kier alpha value is -0.870. The van der Waals surface area contributed by atoms with Crippen molar-refractivity contribution < 1.29 is 4.74 Å². The normalized spacial score (nSPS) is 32.8. The summed E-state index contributed by atoms with van der Waals surface area (Å²) in [6, 6.07) is 0.478. The minimum atomic E-state index is 0.00408. The van der Waals surface area contributed by atoms with Gasteiger partial charge in [-0.2, -0.15) is 0 Å². The molecule has 0 amide bonds. The summed E-state index contributed by atoms with van der Waals surface area (Å²) in [6.45, 7) is 5.18. The Bertz CT molecular complexity index is 389. The Morgan fingerprint density at radius 3 is 3.17 bits per heavy atom. The molecule has 3 rings (SSSR count). The number of hydrogen-bond acceptors (Lipinski definition) is 3. The van der Waals surface area contributed by atoms with Crippen molar-refractivity contribution in [1.82, 2.24) is 14.9 Å². The van der Waals surface area contributed by atoms with Gasteiger partial charge in [-0.1, -0.05) is 6.42 Å². The molecule has 2 aliphatic heterocycles. The van der Waals surface area contributed by atoms with Crippen LogP contribution in [-0.4, -0.2) is 28.3 Å². The molecule has 18 heavy (non-hydrogen) atoms. The van der Waals surface area contributed by atoms with Crippen molar-refractivity contribution in [2.75, 3.05) is 13.2 Å². The number of imidazole rings is 1. The van der Waals surface area contributed by atoms with Crippen LogP contribution < -0.4 is 5.32 Å². The third kappa shape index (κ3) is 2.45. The fourth-order valence-electron chi connectivity index (χ4n) is 3.18. The predicted octanol–water partition coefficient (Wildman–Crippen LogP) is 2.27. The first-order valence-electron chi connectivity index (χ1n) is 7.14. The average molecular weight is 249 g/mol. The van der Waals surface area contributed by atoms with Crippen molar-refractivity contribution in [3.05, 3.63) is 18.2 Å². The molecule has 100 valence electrons. The zero-order chi connectivity index (χ0) is 12.4. The van der Waals surface area contributed by atoms with Gasteiger partial charge in [0.1, 0.15) is 0 Å². The van der Waals surface area contributed by atoms with Gasteiger partial charge < -0.3 is 14.6 Å². The second-order valence-electron chi connectivity index (χ2n) is 5.85. The maximum Gasteiger partial charge on any atom is 0.0949 e. The van der Waals surface area contributed by atoms with Crippen molar-refractivity contribution in [1.29, 1.82) is 0 Å². The second kappa shape index (κ2) is 5.02. The highest BCUT2D eigenvalue weighted by Crippen LogP contribution is 2.29. The summed E-state index contributed by atoms with van der Waals surface area (Å²) in [5, 5.41) is 3.60. The van der Waals surface area contributed by atoms with Gasteiger partial charge in [-0.25, -0.2) is 4.98 Å². The third-order valence-corrected chi connectivity index (χ3v) is 4.22. The van der Waals surface area contributed by atoms with Gasteiger partial charge in [-0.05, 0) is 39.2 Å². The molecule has 1 aromatic rings. The van der Waals surface area contributed by atoms with Gasteiger partial charge in [0, 0.05) is 18.8 Å². The van der Waals surface area contributed by atoms with Crippen LogP contribution in [0.4, 0.5) is 0 Å². The van der Waals surface area contributed by atoms with E-state index in [-0.39, 0.29) is 5.60 Å². The third-order valence-electron chi connectivity index (χ3n) is 4.22. The smallest absolute Gasteiger partial charge is 0.0949 e. The lowest BCUT2D eigenvalue weighted by Gasteiger charge is -2.28. The summed E-state index contributed by atoms with van der Waals surface area (Å²) in [4.78, 5) is 4.34. The molecule has 4 nitrogen and oxygen atoms in total. The van der Waals surface area contributed by atoms with Crippen LogP contribution in [-0.2, 0) is 11.3 Å². The van der Waals surface area contributed by atoms with Gasteiger partial charge in [-0.3, -0.25) is 0 Å². The summed E-state index contributed by atoms with van der Waals surface area (Å²) in [5.74, 6) is 0. The van der Waals surface area contributed by atoms with Crippen LogP contribution in [0, 0.1) is 0 Å². The van der Waals surface area contributed by atoms with Gasteiger partial charge in [0.25, 0.3) is 0 Å². The maximum atomic E-state index is 5.89. The number of ether oxygens (including phenoxy) is 1. The Balaban J connectivity index is 1.74. The number of hydrogen-bond donors (Lipinski definition) is 1. The molecule has 2 saturated heterocycles. The Morgan fingerprint density at radius 2 is 2.44 bits per heavy atom. The Morgan fingerprint density at radius 1 is 1.50 bits per heavy atom. The fourth-order valence-corrected chi connectivity index (χ4v) is 3.18. The first kappa shape index (κ1) is 12.2. The van der Waals surface area contributed by atoms with Gasteiger partial charge >= 0.3 is 0 Å². The van der Waals surface area contributed by atoms with E-state index in [9.17, 15) is 0 Å². The lowest BCUT2D eigenvalue weighted by Crippen LogP contribution is -2.33. The van der Waals surface area contributed by atoms with Crippen LogP contribution in [0.25, 0.3) is 0 Å². The first-order chi connectivity index (χ1) is 8.77. The van der Waals surface area contributed by atoms with Crippen LogP contribution in [0.5, 0.6) is 0 Å². The zero-order valence-electron chi connectivity index (χ0n) is 11.2. The molecule has 3 heterocycles. The Kier molecular flexibility index (Phi) is 3.39. The van der Waals surface area contributed by atoms with E-state index >= 15 is 0 Å². The van der Waals surface area contributed by atoms with E-state index in [0.717, 1.165) is 26.1 Å². The van der Waals surface area contributed by atoms with Crippen LogP contribution in [0.15, 0.2) is 12.5 Å². The minimum absolute atomic E-state index is 0.00408. The largest absolute Gasteiger partial charge is 0.373 e. The van der Waals surface area contributed by atoms with Gasteiger partial charge in [0.2, 0.25) is 0 Å². The molecule has 2 aliphatic rings. The van der Waals surface area contributed by atoms with E-state index in [4.69, 9.17) is 4.74 Å². The van der Waals surface area contributed by atoms with Crippen molar-refractivity contribution in [2.24, 2.45) is 0 Å². The Labute approximate surface area is 109 Å². The first-order valence-corrected chi connectivity index (χ1v) is 7.14. The van der Waals surface area contributed by atoms with Crippen LogP contribution in [0.2, 0.25) is 0 Å². The monoisotopic (exact) mass is 249 g/mol. The van der Waals surface area contributed by atoms with Crippen molar-refractivity contribution in [3.63, 3.8) is 0 Å². The molecule has 1 aromatic heterocycles. The van der Waals surface area contributed by atoms with Gasteiger partial charge in [0.05, 0.1) is 24.2 Å². The number of nitrogens with one attached hydrogen (secondary N) is 1. The van der Waals surface area contributed by atoms with E-state index in [1.807, 2.05) is 12.5 Å². The highest BCUT2D eigenvalue weighted by Gasteiger charge is 2.31. The number of nitrogens with zero attached hydrogens (tertiary/aromatic N) is 2. The summed E-state index contributed by atoms with van der Waals surface area (Å²) < 4.78 is 8.17. The lowest BCUT2D eigenvalue weighted by atomic mass is 10.0. The predicted molar refractivity (Wildman–Crippen MR) is 70.4 cm³/mol. The molecule has 2 unspecified atom stereocenters. The standard InChI is InChI=1S/C14H23N3O/c1-14(6-4-8-18-14)10-17-11-15-9-13(17)12-5-2-3-7-16-12/h9,11-12,16H,2-8,10H2,1H3. The molecule has 0 aliphatic carbocycles. The van der Waals surface area contributed by atoms with Crippen molar-refractivity contribution >= 4 is 0 Å². The minimum Gasteiger partial charge on any atom is -0.373 e. The zero-order valence-corrected chi connectivity index (χ0v) is 11.2. The summed E-state index contributed by atoms with van der Waals surface area (Å²) in [5.41, 5.74) is 1.33. The molecule has 2 atom stereocenters. The molecule has 0 saturated carbocycles. The summed E-state index contributed by atoms with van der Waals surface area (Å²) >= 11 is 0.